The van der Waals surface area contributed by atoms with Gasteiger partial charge in [0, 0.05) is 0 Å². The first kappa shape index (κ1) is 19.8. The van der Waals surface area contributed by atoms with Crippen molar-refractivity contribution in [1.82, 2.24) is 0 Å². The Labute approximate surface area is 196 Å². The Bertz CT molecular complexity index is 1380. The summed E-state index contributed by atoms with van der Waals surface area (Å²) in [7, 11) is 0. The highest BCUT2D eigenvalue weighted by atomic mass is 14.5. The predicted octanol–water partition coefficient (Wildman–Crippen LogP) is 7.95. The van der Waals surface area contributed by atoms with Crippen molar-refractivity contribution in [2.24, 2.45) is 0 Å². The molecule has 0 radical (unpaired) electrons. The van der Waals surface area contributed by atoms with Gasteiger partial charge in [0.15, 0.2) is 0 Å². The first-order valence-electron chi connectivity index (χ1n) is 11.7. The Kier molecular flexibility index (Phi) is 4.73. The topological polar surface area (TPSA) is 0 Å². The number of hydrogen-bond acceptors (Lipinski definition) is 0. The van der Waals surface area contributed by atoms with E-state index in [1.807, 2.05) is 0 Å². The van der Waals surface area contributed by atoms with Gasteiger partial charge in [-0.25, -0.2) is 0 Å². The molecule has 0 heteroatoms. The highest BCUT2D eigenvalue weighted by Gasteiger charge is 2.45. The van der Waals surface area contributed by atoms with E-state index < -0.39 is 0 Å². The third-order valence-corrected chi connectivity index (χ3v) is 6.98. The molecule has 0 unspecified atom stereocenters. The Hall–Kier alpha value is -3.90. The van der Waals surface area contributed by atoms with E-state index >= 15 is 0 Å². The van der Waals surface area contributed by atoms with Crippen LogP contribution >= 0.6 is 0 Å². The lowest BCUT2D eigenvalue weighted by Crippen LogP contribution is -2.28. The lowest BCUT2D eigenvalue weighted by atomic mass is 9.67. The van der Waals surface area contributed by atoms with E-state index in [9.17, 15) is 0 Å². The fourth-order valence-corrected chi connectivity index (χ4v) is 5.72. The molecular weight excluding hydrogens is 396 g/mol. The molecule has 33 heavy (non-hydrogen) atoms. The number of aryl methyl sites for hydroxylation is 1. The van der Waals surface area contributed by atoms with Crippen LogP contribution in [-0.2, 0) is 11.8 Å². The summed E-state index contributed by atoms with van der Waals surface area (Å²) in [5.74, 6) is 0. The fourth-order valence-electron chi connectivity index (χ4n) is 5.72. The Morgan fingerprint density at radius 1 is 0.485 bits per heavy atom. The molecular formula is C33H26. The van der Waals surface area contributed by atoms with Crippen LogP contribution in [0.4, 0.5) is 0 Å². The lowest BCUT2D eigenvalue weighted by molar-refractivity contribution is 0.765. The van der Waals surface area contributed by atoms with E-state index in [1.54, 1.807) is 0 Å². The van der Waals surface area contributed by atoms with Crippen molar-refractivity contribution < 1.29 is 0 Å². The Morgan fingerprint density at radius 3 is 1.67 bits per heavy atom. The molecule has 0 aliphatic heterocycles. The maximum absolute atomic E-state index is 2.44. The minimum absolute atomic E-state index is 0.327. The molecule has 0 aromatic heterocycles. The van der Waals surface area contributed by atoms with E-state index in [-0.39, 0.29) is 5.41 Å². The maximum atomic E-state index is 2.44. The summed E-state index contributed by atoms with van der Waals surface area (Å²) in [6.45, 7) is 2.23. The molecule has 0 spiro atoms. The quantitative estimate of drug-likeness (QED) is 0.270. The van der Waals surface area contributed by atoms with Crippen LogP contribution in [0.15, 0.2) is 127 Å². The second-order valence-electron chi connectivity index (χ2n) is 9.08. The summed E-state index contributed by atoms with van der Waals surface area (Å²) < 4.78 is 0. The molecule has 1 aliphatic rings. The molecule has 0 bridgehead atoms. The molecule has 1 aliphatic carbocycles. The van der Waals surface area contributed by atoms with E-state index in [2.05, 4.69) is 134 Å². The van der Waals surface area contributed by atoms with Crippen LogP contribution < -0.4 is 0 Å². The molecule has 0 N–H and O–H groups in total. The van der Waals surface area contributed by atoms with Crippen molar-refractivity contribution in [3.63, 3.8) is 0 Å². The molecule has 6 rings (SSSR count). The number of fused-ring (bicyclic) bond motifs is 3. The van der Waals surface area contributed by atoms with Gasteiger partial charge in [-0.05, 0) is 57.9 Å². The SMILES string of the molecule is Cc1cc(Cc2ccccc2)cc(C2(c3ccccc3)c3ccccc3-c3ccccc32)c1. The van der Waals surface area contributed by atoms with Crippen molar-refractivity contribution in [2.45, 2.75) is 18.8 Å². The van der Waals surface area contributed by atoms with Crippen molar-refractivity contribution in [1.29, 1.82) is 0 Å². The van der Waals surface area contributed by atoms with Gasteiger partial charge in [0.25, 0.3) is 0 Å². The van der Waals surface area contributed by atoms with Gasteiger partial charge in [-0.15, -0.1) is 0 Å². The van der Waals surface area contributed by atoms with Crippen molar-refractivity contribution >= 4 is 0 Å². The molecule has 0 saturated heterocycles. The second-order valence-corrected chi connectivity index (χ2v) is 9.08. The molecule has 0 saturated carbocycles. The van der Waals surface area contributed by atoms with Gasteiger partial charge in [-0.3, -0.25) is 0 Å². The highest BCUT2D eigenvalue weighted by Crippen LogP contribution is 2.56. The molecule has 0 fully saturated rings. The van der Waals surface area contributed by atoms with Crippen molar-refractivity contribution in [3.8, 4) is 11.1 Å². The third-order valence-electron chi connectivity index (χ3n) is 6.98. The summed E-state index contributed by atoms with van der Waals surface area (Å²) in [6, 6.07) is 46.8. The van der Waals surface area contributed by atoms with Gasteiger partial charge in [-0.1, -0.05) is 133 Å². The highest BCUT2D eigenvalue weighted by molar-refractivity contribution is 5.86. The predicted molar refractivity (Wildman–Crippen MR) is 138 cm³/mol. The summed E-state index contributed by atoms with van der Waals surface area (Å²) in [5.41, 5.74) is 11.7. The molecule has 0 nitrogen and oxygen atoms in total. The minimum Gasteiger partial charge on any atom is -0.0622 e. The summed E-state index contributed by atoms with van der Waals surface area (Å²) in [5, 5.41) is 0. The third kappa shape index (κ3) is 3.14. The first-order valence-corrected chi connectivity index (χ1v) is 11.7. The smallest absolute Gasteiger partial charge is 0.0622 e. The molecule has 0 heterocycles. The van der Waals surface area contributed by atoms with Crippen LogP contribution in [0, 0.1) is 6.92 Å². The largest absolute Gasteiger partial charge is 0.0713 e. The van der Waals surface area contributed by atoms with Crippen LogP contribution in [0.25, 0.3) is 11.1 Å². The van der Waals surface area contributed by atoms with Crippen LogP contribution in [0.3, 0.4) is 0 Å². The summed E-state index contributed by atoms with van der Waals surface area (Å²) in [6.07, 6.45) is 0.934. The first-order chi connectivity index (χ1) is 16.3. The fraction of sp³-hybridized carbons (Fsp3) is 0.0909. The monoisotopic (exact) mass is 422 g/mol. The van der Waals surface area contributed by atoms with Gasteiger partial charge in [0.1, 0.15) is 0 Å². The van der Waals surface area contributed by atoms with E-state index in [1.165, 1.54) is 50.1 Å². The van der Waals surface area contributed by atoms with Gasteiger partial charge < -0.3 is 0 Å². The van der Waals surface area contributed by atoms with Gasteiger partial charge in [0.05, 0.1) is 5.41 Å². The molecule has 0 atom stereocenters. The molecule has 158 valence electrons. The number of rotatable bonds is 4. The Morgan fingerprint density at radius 2 is 1.03 bits per heavy atom. The van der Waals surface area contributed by atoms with Gasteiger partial charge in [0.2, 0.25) is 0 Å². The second kappa shape index (κ2) is 7.90. The standard InChI is InChI=1S/C33H26/c1-24-20-26(22-25-12-4-2-5-13-25)23-28(21-24)33(27-14-6-3-7-15-27)31-18-10-8-16-29(31)30-17-9-11-19-32(30)33/h2-21,23H,22H2,1H3. The minimum atomic E-state index is -0.327. The van der Waals surface area contributed by atoms with Crippen molar-refractivity contribution in [3.05, 3.63) is 166 Å². The summed E-state index contributed by atoms with van der Waals surface area (Å²) >= 11 is 0. The zero-order valence-electron chi connectivity index (χ0n) is 18.8. The average Bonchev–Trinajstić information content (AvgIpc) is 3.16. The van der Waals surface area contributed by atoms with Crippen molar-refractivity contribution in [2.75, 3.05) is 0 Å². The van der Waals surface area contributed by atoms with Crippen LogP contribution in [0.1, 0.15) is 38.9 Å². The molecule has 5 aromatic carbocycles. The average molecular weight is 423 g/mol. The van der Waals surface area contributed by atoms with E-state index in [4.69, 9.17) is 0 Å². The zero-order chi connectivity index (χ0) is 22.3. The number of benzene rings is 5. The van der Waals surface area contributed by atoms with E-state index in [0.717, 1.165) is 6.42 Å². The summed E-state index contributed by atoms with van der Waals surface area (Å²) in [4.78, 5) is 0. The number of hydrogen-bond donors (Lipinski definition) is 0. The Balaban J connectivity index is 1.66. The van der Waals surface area contributed by atoms with Crippen LogP contribution in [-0.4, -0.2) is 0 Å². The van der Waals surface area contributed by atoms with Crippen LogP contribution in [0.2, 0.25) is 0 Å². The zero-order valence-corrected chi connectivity index (χ0v) is 18.8. The maximum Gasteiger partial charge on any atom is 0.0713 e. The van der Waals surface area contributed by atoms with Gasteiger partial charge >= 0.3 is 0 Å². The van der Waals surface area contributed by atoms with Gasteiger partial charge in [-0.2, -0.15) is 0 Å². The lowest BCUT2D eigenvalue weighted by Gasteiger charge is -2.34. The van der Waals surface area contributed by atoms with E-state index in [0.29, 0.717) is 0 Å². The molecule has 0 amide bonds. The normalized spacial score (nSPS) is 13.4. The molecule has 5 aromatic rings. The van der Waals surface area contributed by atoms with Crippen LogP contribution in [0.5, 0.6) is 0 Å².